The van der Waals surface area contributed by atoms with Gasteiger partial charge in [-0.05, 0) is 42.7 Å². The molecule has 1 N–H and O–H groups in total. The molecule has 148 valence electrons. The Morgan fingerprint density at radius 2 is 2.10 bits per heavy atom. The number of carbonyl (C=O) groups is 1. The lowest BCUT2D eigenvalue weighted by Crippen LogP contribution is -2.24. The van der Waals surface area contributed by atoms with Crippen molar-refractivity contribution < 1.29 is 13.9 Å². The third kappa shape index (κ3) is 3.82. The lowest BCUT2D eigenvalue weighted by Gasteiger charge is -2.11. The lowest BCUT2D eigenvalue weighted by molar-refractivity contribution is -0.121. The molecule has 0 aliphatic carbocycles. The predicted molar refractivity (Wildman–Crippen MR) is 107 cm³/mol. The number of nitrogens with zero attached hydrogens (tertiary/aromatic N) is 3. The van der Waals surface area contributed by atoms with E-state index in [0.29, 0.717) is 30.1 Å². The number of benzene rings is 1. The quantitative estimate of drug-likeness (QED) is 0.506. The maximum Gasteiger partial charge on any atom is 0.336 e. The van der Waals surface area contributed by atoms with Crippen molar-refractivity contribution in [3.8, 4) is 5.75 Å². The Hall–Kier alpha value is -3.68. The number of pyridine rings is 1. The van der Waals surface area contributed by atoms with Crippen LogP contribution in [0.5, 0.6) is 5.75 Å². The number of rotatable bonds is 6. The second-order valence-electron chi connectivity index (χ2n) is 6.73. The lowest BCUT2D eigenvalue weighted by atomic mass is 10.0. The van der Waals surface area contributed by atoms with Crippen molar-refractivity contribution in [2.75, 3.05) is 7.11 Å². The van der Waals surface area contributed by atoms with Gasteiger partial charge in [0.1, 0.15) is 11.3 Å². The van der Waals surface area contributed by atoms with Crippen LogP contribution in [0.4, 0.5) is 0 Å². The summed E-state index contributed by atoms with van der Waals surface area (Å²) < 4.78 is 12.5. The molecule has 1 aromatic carbocycles. The molecule has 0 saturated carbocycles. The normalized spacial score (nSPS) is 11.1. The van der Waals surface area contributed by atoms with Gasteiger partial charge in [-0.3, -0.25) is 9.20 Å². The van der Waals surface area contributed by atoms with Crippen LogP contribution in [0, 0.1) is 6.92 Å². The number of amides is 1. The van der Waals surface area contributed by atoms with Crippen LogP contribution >= 0.6 is 0 Å². The van der Waals surface area contributed by atoms with E-state index in [2.05, 4.69) is 15.5 Å². The van der Waals surface area contributed by atoms with Gasteiger partial charge in [0.25, 0.3) is 0 Å². The van der Waals surface area contributed by atoms with Crippen LogP contribution in [0.2, 0.25) is 0 Å². The fourth-order valence-electron chi connectivity index (χ4n) is 3.30. The van der Waals surface area contributed by atoms with E-state index in [0.717, 1.165) is 22.2 Å². The molecule has 0 saturated heterocycles. The maximum absolute atomic E-state index is 12.4. The summed E-state index contributed by atoms with van der Waals surface area (Å²) in [4.78, 5) is 23.9. The number of carbonyl (C=O) groups excluding carboxylic acids is 1. The van der Waals surface area contributed by atoms with Crippen LogP contribution in [-0.4, -0.2) is 27.6 Å². The first-order valence-electron chi connectivity index (χ1n) is 9.22. The van der Waals surface area contributed by atoms with Crippen molar-refractivity contribution in [1.82, 2.24) is 19.9 Å². The molecule has 4 aromatic rings. The summed E-state index contributed by atoms with van der Waals surface area (Å²) in [5.41, 5.74) is 2.51. The number of fused-ring (bicyclic) bond motifs is 2. The highest BCUT2D eigenvalue weighted by molar-refractivity contribution is 5.83. The first-order valence-corrected chi connectivity index (χ1v) is 9.22. The van der Waals surface area contributed by atoms with E-state index >= 15 is 0 Å². The molecule has 0 spiro atoms. The van der Waals surface area contributed by atoms with Crippen molar-refractivity contribution in [2.45, 2.75) is 26.3 Å². The molecule has 0 atom stereocenters. The number of aromatic nitrogens is 3. The van der Waals surface area contributed by atoms with E-state index in [4.69, 9.17) is 9.15 Å². The number of methoxy groups -OCH3 is 1. The largest absolute Gasteiger partial charge is 0.496 e. The first kappa shape index (κ1) is 18.7. The third-order valence-corrected chi connectivity index (χ3v) is 4.80. The Morgan fingerprint density at radius 1 is 1.24 bits per heavy atom. The van der Waals surface area contributed by atoms with Gasteiger partial charge < -0.3 is 14.5 Å². The molecule has 1 amide bonds. The minimum Gasteiger partial charge on any atom is -0.496 e. The second kappa shape index (κ2) is 7.75. The molecule has 8 nitrogen and oxygen atoms in total. The monoisotopic (exact) mass is 392 g/mol. The van der Waals surface area contributed by atoms with Crippen molar-refractivity contribution in [3.05, 3.63) is 70.0 Å². The van der Waals surface area contributed by atoms with Gasteiger partial charge in [0.15, 0.2) is 11.5 Å². The Morgan fingerprint density at radius 3 is 2.93 bits per heavy atom. The number of hydrogen-bond acceptors (Lipinski definition) is 6. The van der Waals surface area contributed by atoms with Crippen molar-refractivity contribution in [1.29, 1.82) is 0 Å². The van der Waals surface area contributed by atoms with E-state index in [1.54, 1.807) is 13.2 Å². The Bertz CT molecular complexity index is 1260. The Labute approximate surface area is 166 Å². The van der Waals surface area contributed by atoms with Crippen molar-refractivity contribution in [2.24, 2.45) is 0 Å². The summed E-state index contributed by atoms with van der Waals surface area (Å²) in [5.74, 6) is 1.15. The van der Waals surface area contributed by atoms with Gasteiger partial charge >= 0.3 is 5.63 Å². The van der Waals surface area contributed by atoms with E-state index in [1.165, 1.54) is 6.07 Å². The van der Waals surface area contributed by atoms with Crippen LogP contribution in [0.15, 0.2) is 51.8 Å². The fraction of sp³-hybridized carbons (Fsp3) is 0.238. The highest BCUT2D eigenvalue weighted by Gasteiger charge is 2.12. The van der Waals surface area contributed by atoms with Gasteiger partial charge in [-0.15, -0.1) is 10.2 Å². The van der Waals surface area contributed by atoms with Gasteiger partial charge in [-0.2, -0.15) is 0 Å². The van der Waals surface area contributed by atoms with Gasteiger partial charge in [0, 0.05) is 30.1 Å². The van der Waals surface area contributed by atoms with Crippen LogP contribution in [0.1, 0.15) is 23.4 Å². The molecule has 0 radical (unpaired) electrons. The molecule has 29 heavy (non-hydrogen) atoms. The van der Waals surface area contributed by atoms with E-state index in [1.807, 2.05) is 41.8 Å². The van der Waals surface area contributed by atoms with E-state index in [-0.39, 0.29) is 12.3 Å². The van der Waals surface area contributed by atoms with E-state index < -0.39 is 5.63 Å². The molecule has 0 aliphatic rings. The fourth-order valence-corrected chi connectivity index (χ4v) is 3.30. The highest BCUT2D eigenvalue weighted by atomic mass is 16.5. The SMILES string of the molecule is COc1cc2oc(=O)cc(C)c2cc1CCC(=O)NCc1nnc2ccccn12. The number of hydrogen-bond donors (Lipinski definition) is 1. The van der Waals surface area contributed by atoms with E-state index in [9.17, 15) is 9.59 Å². The number of nitrogens with one attached hydrogen (secondary N) is 1. The molecule has 0 fully saturated rings. The highest BCUT2D eigenvalue weighted by Crippen LogP contribution is 2.28. The van der Waals surface area contributed by atoms with Crippen LogP contribution in [0.25, 0.3) is 16.6 Å². The minimum absolute atomic E-state index is 0.101. The maximum atomic E-state index is 12.4. The Kier molecular flexibility index (Phi) is 4.99. The van der Waals surface area contributed by atoms with Crippen LogP contribution < -0.4 is 15.7 Å². The number of aryl methyl sites for hydroxylation is 2. The smallest absolute Gasteiger partial charge is 0.336 e. The van der Waals surface area contributed by atoms with Gasteiger partial charge in [0.05, 0.1) is 13.7 Å². The average molecular weight is 392 g/mol. The predicted octanol–water partition coefficient (Wildman–Crippen LogP) is 2.40. The zero-order valence-corrected chi connectivity index (χ0v) is 16.1. The molecule has 3 heterocycles. The Balaban J connectivity index is 1.46. The zero-order valence-electron chi connectivity index (χ0n) is 16.1. The van der Waals surface area contributed by atoms with Crippen LogP contribution in [0.3, 0.4) is 0 Å². The van der Waals surface area contributed by atoms with Crippen molar-refractivity contribution in [3.63, 3.8) is 0 Å². The summed E-state index contributed by atoms with van der Waals surface area (Å²) in [6.45, 7) is 2.15. The summed E-state index contributed by atoms with van der Waals surface area (Å²) in [6.07, 6.45) is 2.63. The molecular formula is C21H20N4O4. The molecular weight excluding hydrogens is 372 g/mol. The second-order valence-corrected chi connectivity index (χ2v) is 6.73. The molecule has 0 bridgehead atoms. The number of ether oxygens (including phenoxy) is 1. The summed E-state index contributed by atoms with van der Waals surface area (Å²) in [6, 6.07) is 10.7. The van der Waals surface area contributed by atoms with Gasteiger partial charge in [-0.25, -0.2) is 4.79 Å². The standard InChI is InChI=1S/C21H20N4O4/c1-13-9-21(27)29-17-11-16(28-2)14(10-15(13)17)6-7-20(26)22-12-19-24-23-18-5-3-4-8-25(18)19/h3-5,8-11H,6-7,12H2,1-2H3,(H,22,26). The molecule has 3 aromatic heterocycles. The third-order valence-electron chi connectivity index (χ3n) is 4.80. The molecule has 8 heteroatoms. The molecule has 0 unspecified atom stereocenters. The summed E-state index contributed by atoms with van der Waals surface area (Å²) in [5, 5.41) is 11.9. The molecule has 4 rings (SSSR count). The van der Waals surface area contributed by atoms with Crippen molar-refractivity contribution >= 4 is 22.5 Å². The summed E-state index contributed by atoms with van der Waals surface area (Å²) >= 11 is 0. The topological polar surface area (TPSA) is 98.7 Å². The van der Waals surface area contributed by atoms with Gasteiger partial charge in [-0.1, -0.05) is 6.07 Å². The zero-order chi connectivity index (χ0) is 20.4. The van der Waals surface area contributed by atoms with Gasteiger partial charge in [0.2, 0.25) is 5.91 Å². The molecule has 0 aliphatic heterocycles. The first-order chi connectivity index (χ1) is 14.0. The average Bonchev–Trinajstić information content (AvgIpc) is 3.13. The minimum atomic E-state index is -0.398. The summed E-state index contributed by atoms with van der Waals surface area (Å²) in [7, 11) is 1.55. The van der Waals surface area contributed by atoms with Crippen LogP contribution in [-0.2, 0) is 17.8 Å².